The standard InChI is InChI=1S/C16H20ClN3S/c1-21-11-4-2-3-10-20-14-7-5-6-13(12-18)16(14)19-15(20)8-9-17/h5-7H,2-4,8-11H2,1H3. The van der Waals surface area contributed by atoms with E-state index in [2.05, 4.69) is 21.9 Å². The van der Waals surface area contributed by atoms with Crippen molar-refractivity contribution in [3.05, 3.63) is 29.6 Å². The van der Waals surface area contributed by atoms with E-state index in [0.29, 0.717) is 11.4 Å². The van der Waals surface area contributed by atoms with Crippen molar-refractivity contribution < 1.29 is 0 Å². The first kappa shape index (κ1) is 16.2. The van der Waals surface area contributed by atoms with E-state index in [4.69, 9.17) is 11.6 Å². The van der Waals surface area contributed by atoms with Crippen LogP contribution in [0.25, 0.3) is 11.0 Å². The highest BCUT2D eigenvalue weighted by molar-refractivity contribution is 7.98. The van der Waals surface area contributed by atoms with E-state index in [1.165, 1.54) is 18.6 Å². The van der Waals surface area contributed by atoms with E-state index in [-0.39, 0.29) is 0 Å². The number of para-hydroxylation sites is 1. The van der Waals surface area contributed by atoms with Crippen LogP contribution in [0.15, 0.2) is 18.2 Å². The van der Waals surface area contributed by atoms with E-state index in [1.54, 1.807) is 0 Å². The number of alkyl halides is 1. The average molecular weight is 322 g/mol. The molecule has 112 valence electrons. The molecule has 3 nitrogen and oxygen atoms in total. The number of halogens is 1. The van der Waals surface area contributed by atoms with Crippen molar-refractivity contribution in [1.29, 1.82) is 5.26 Å². The van der Waals surface area contributed by atoms with Gasteiger partial charge in [-0.15, -0.1) is 11.6 Å². The Balaban J connectivity index is 2.23. The highest BCUT2D eigenvalue weighted by Gasteiger charge is 2.12. The van der Waals surface area contributed by atoms with Gasteiger partial charge in [0.25, 0.3) is 0 Å². The Hall–Kier alpha value is -1.18. The van der Waals surface area contributed by atoms with Crippen LogP contribution in [0.5, 0.6) is 0 Å². The number of hydrogen-bond acceptors (Lipinski definition) is 3. The van der Waals surface area contributed by atoms with Crippen LogP contribution in [0.2, 0.25) is 0 Å². The first-order valence-corrected chi connectivity index (χ1v) is 9.17. The SMILES string of the molecule is CSCCCCCn1c(CCCl)nc2c(C#N)cccc21. The molecule has 21 heavy (non-hydrogen) atoms. The third-order valence-corrected chi connectivity index (χ3v) is 4.41. The van der Waals surface area contributed by atoms with E-state index in [1.807, 2.05) is 30.0 Å². The fourth-order valence-electron chi connectivity index (χ4n) is 2.50. The number of aryl methyl sites for hydroxylation is 2. The summed E-state index contributed by atoms with van der Waals surface area (Å²) in [5.41, 5.74) is 2.51. The quantitative estimate of drug-likeness (QED) is 0.540. The lowest BCUT2D eigenvalue weighted by Gasteiger charge is -2.08. The van der Waals surface area contributed by atoms with Gasteiger partial charge in [-0.2, -0.15) is 17.0 Å². The van der Waals surface area contributed by atoms with Gasteiger partial charge in [0.15, 0.2) is 0 Å². The fourth-order valence-corrected chi connectivity index (χ4v) is 3.17. The van der Waals surface area contributed by atoms with Gasteiger partial charge in [0.1, 0.15) is 17.4 Å². The lowest BCUT2D eigenvalue weighted by molar-refractivity contribution is 0.596. The third kappa shape index (κ3) is 3.93. The van der Waals surface area contributed by atoms with Crippen LogP contribution < -0.4 is 0 Å². The summed E-state index contributed by atoms with van der Waals surface area (Å²) in [6.07, 6.45) is 6.50. The molecule has 0 bridgehead atoms. The van der Waals surface area contributed by atoms with Crippen molar-refractivity contribution in [3.8, 4) is 6.07 Å². The van der Waals surface area contributed by atoms with Crippen LogP contribution in [0.3, 0.4) is 0 Å². The second-order valence-electron chi connectivity index (χ2n) is 4.96. The van der Waals surface area contributed by atoms with Crippen LogP contribution in [0.4, 0.5) is 0 Å². The molecule has 0 aliphatic heterocycles. The summed E-state index contributed by atoms with van der Waals surface area (Å²) in [5.74, 6) is 2.77. The maximum Gasteiger partial charge on any atom is 0.111 e. The molecular formula is C16H20ClN3S. The van der Waals surface area contributed by atoms with E-state index >= 15 is 0 Å². The summed E-state index contributed by atoms with van der Waals surface area (Å²) in [6.45, 7) is 0.950. The summed E-state index contributed by atoms with van der Waals surface area (Å²) in [5, 5.41) is 9.21. The maximum absolute atomic E-state index is 9.21. The number of imidazole rings is 1. The zero-order valence-corrected chi connectivity index (χ0v) is 13.9. The number of aromatic nitrogens is 2. The zero-order chi connectivity index (χ0) is 15.1. The molecule has 0 saturated heterocycles. The van der Waals surface area contributed by atoms with E-state index in [0.717, 1.165) is 36.2 Å². The number of nitriles is 1. The van der Waals surface area contributed by atoms with Gasteiger partial charge in [-0.25, -0.2) is 4.98 Å². The minimum atomic E-state index is 0.553. The lowest BCUT2D eigenvalue weighted by atomic mass is 10.2. The zero-order valence-electron chi connectivity index (χ0n) is 12.3. The molecule has 0 aliphatic rings. The van der Waals surface area contributed by atoms with Crippen LogP contribution in [-0.2, 0) is 13.0 Å². The molecule has 1 heterocycles. The monoisotopic (exact) mass is 321 g/mol. The van der Waals surface area contributed by atoms with Crippen molar-refractivity contribution in [2.45, 2.75) is 32.2 Å². The molecule has 0 fully saturated rings. The normalized spacial score (nSPS) is 10.9. The lowest BCUT2D eigenvalue weighted by Crippen LogP contribution is -2.05. The Bertz CT molecular complexity index is 630. The summed E-state index contributed by atoms with van der Waals surface area (Å²) in [7, 11) is 0. The van der Waals surface area contributed by atoms with Gasteiger partial charge < -0.3 is 4.57 Å². The van der Waals surface area contributed by atoms with Crippen molar-refractivity contribution in [3.63, 3.8) is 0 Å². The molecule has 5 heteroatoms. The average Bonchev–Trinajstić information content (AvgIpc) is 2.85. The van der Waals surface area contributed by atoms with Gasteiger partial charge in [0.2, 0.25) is 0 Å². The first-order valence-electron chi connectivity index (χ1n) is 7.25. The molecule has 0 unspecified atom stereocenters. The molecule has 0 amide bonds. The Labute approximate surface area is 135 Å². The smallest absolute Gasteiger partial charge is 0.111 e. The Morgan fingerprint density at radius 3 is 2.90 bits per heavy atom. The van der Waals surface area contributed by atoms with E-state index in [9.17, 15) is 5.26 Å². The molecule has 0 N–H and O–H groups in total. The number of rotatable bonds is 8. The van der Waals surface area contributed by atoms with Gasteiger partial charge in [0, 0.05) is 18.8 Å². The molecule has 1 aromatic heterocycles. The summed E-state index contributed by atoms with van der Waals surface area (Å²) >= 11 is 7.79. The molecule has 0 spiro atoms. The number of thioether (sulfide) groups is 1. The highest BCUT2D eigenvalue weighted by atomic mass is 35.5. The van der Waals surface area contributed by atoms with Gasteiger partial charge in [-0.1, -0.05) is 12.5 Å². The number of benzene rings is 1. The molecule has 0 aliphatic carbocycles. The minimum Gasteiger partial charge on any atom is -0.328 e. The summed E-state index contributed by atoms with van der Waals surface area (Å²) < 4.78 is 2.23. The van der Waals surface area contributed by atoms with Crippen LogP contribution >= 0.6 is 23.4 Å². The minimum absolute atomic E-state index is 0.553. The van der Waals surface area contributed by atoms with E-state index < -0.39 is 0 Å². The van der Waals surface area contributed by atoms with Gasteiger partial charge in [-0.3, -0.25) is 0 Å². The second kappa shape index (κ2) is 8.31. The van der Waals surface area contributed by atoms with Crippen molar-refractivity contribution >= 4 is 34.4 Å². The topological polar surface area (TPSA) is 41.6 Å². The van der Waals surface area contributed by atoms with Crippen LogP contribution in [0.1, 0.15) is 30.7 Å². The van der Waals surface area contributed by atoms with Crippen molar-refractivity contribution in [1.82, 2.24) is 9.55 Å². The predicted molar refractivity (Wildman–Crippen MR) is 91.1 cm³/mol. The Kier molecular flexibility index (Phi) is 6.41. The van der Waals surface area contributed by atoms with Gasteiger partial charge in [-0.05, 0) is 37.0 Å². The van der Waals surface area contributed by atoms with Crippen LogP contribution in [0, 0.1) is 11.3 Å². The Morgan fingerprint density at radius 1 is 1.33 bits per heavy atom. The maximum atomic E-state index is 9.21. The number of hydrogen-bond donors (Lipinski definition) is 0. The second-order valence-corrected chi connectivity index (χ2v) is 6.32. The molecule has 0 atom stereocenters. The van der Waals surface area contributed by atoms with Crippen LogP contribution in [-0.4, -0.2) is 27.4 Å². The largest absolute Gasteiger partial charge is 0.328 e. The molecule has 2 aromatic rings. The van der Waals surface area contributed by atoms with Crippen molar-refractivity contribution in [2.24, 2.45) is 0 Å². The first-order chi connectivity index (χ1) is 10.3. The van der Waals surface area contributed by atoms with Gasteiger partial charge >= 0.3 is 0 Å². The summed E-state index contributed by atoms with van der Waals surface area (Å²) in [4.78, 5) is 4.64. The summed E-state index contributed by atoms with van der Waals surface area (Å²) in [6, 6.07) is 8.02. The molecule has 0 radical (unpaired) electrons. The molecular weight excluding hydrogens is 302 g/mol. The third-order valence-electron chi connectivity index (χ3n) is 3.53. The molecule has 1 aromatic carbocycles. The van der Waals surface area contributed by atoms with Gasteiger partial charge in [0.05, 0.1) is 11.1 Å². The number of nitrogens with zero attached hydrogens (tertiary/aromatic N) is 3. The molecule has 0 saturated carbocycles. The predicted octanol–water partition coefficient (Wildman–Crippen LogP) is 4.22. The fraction of sp³-hybridized carbons (Fsp3) is 0.500. The number of fused-ring (bicyclic) bond motifs is 1. The molecule has 2 rings (SSSR count). The Morgan fingerprint density at radius 2 is 2.19 bits per heavy atom. The highest BCUT2D eigenvalue weighted by Crippen LogP contribution is 2.21. The number of unbranched alkanes of at least 4 members (excludes halogenated alkanes) is 2. The van der Waals surface area contributed by atoms with Crippen molar-refractivity contribution in [2.75, 3.05) is 17.9 Å².